The third-order valence-electron chi connectivity index (χ3n) is 3.50. The Balaban J connectivity index is 2.45. The minimum atomic E-state index is -0.527. The number of halogens is 1. The Bertz CT molecular complexity index is 835. The molecular formula is C17H16BrNO3. The zero-order valence-corrected chi connectivity index (χ0v) is 14.1. The second kappa shape index (κ2) is 6.32. The van der Waals surface area contributed by atoms with E-state index in [9.17, 15) is 14.7 Å². The van der Waals surface area contributed by atoms with Crippen LogP contribution < -0.4 is 5.56 Å². The van der Waals surface area contributed by atoms with Crippen molar-refractivity contribution in [1.29, 1.82) is 0 Å². The quantitative estimate of drug-likeness (QED) is 0.673. The Morgan fingerprint density at radius 2 is 2.00 bits per heavy atom. The topological polar surface area (TPSA) is 59.3 Å². The van der Waals surface area contributed by atoms with E-state index in [-0.39, 0.29) is 11.3 Å². The second-order valence-corrected chi connectivity index (χ2v) is 5.89. The van der Waals surface area contributed by atoms with Crippen molar-refractivity contribution in [2.45, 2.75) is 13.8 Å². The van der Waals surface area contributed by atoms with Gasteiger partial charge in [0.15, 0.2) is 5.78 Å². The average molecular weight is 362 g/mol. The van der Waals surface area contributed by atoms with E-state index >= 15 is 0 Å². The van der Waals surface area contributed by atoms with Crippen molar-refractivity contribution in [2.75, 3.05) is 0 Å². The maximum atomic E-state index is 12.3. The molecule has 2 rings (SSSR count). The highest BCUT2D eigenvalue weighted by atomic mass is 79.9. The molecular weight excluding hydrogens is 346 g/mol. The SMILES string of the molecule is Cc1cccc(/C=C/C(=O)c2c(O)c(Br)c(C)n(C)c2=O)c1. The van der Waals surface area contributed by atoms with Gasteiger partial charge in [-0.05, 0) is 41.4 Å². The molecule has 0 radical (unpaired) electrons. The van der Waals surface area contributed by atoms with Crippen molar-refractivity contribution >= 4 is 27.8 Å². The van der Waals surface area contributed by atoms with E-state index in [4.69, 9.17) is 0 Å². The highest BCUT2D eigenvalue weighted by molar-refractivity contribution is 9.10. The van der Waals surface area contributed by atoms with Crippen LogP contribution in [0, 0.1) is 13.8 Å². The van der Waals surface area contributed by atoms with Crippen molar-refractivity contribution in [3.05, 3.63) is 67.6 Å². The lowest BCUT2D eigenvalue weighted by molar-refractivity contribution is 0.104. The predicted octanol–water partition coefficient (Wildman–Crippen LogP) is 3.37. The van der Waals surface area contributed by atoms with Crippen LogP contribution in [-0.4, -0.2) is 15.5 Å². The molecule has 0 saturated heterocycles. The van der Waals surface area contributed by atoms with Gasteiger partial charge in [0.05, 0.1) is 4.47 Å². The summed E-state index contributed by atoms with van der Waals surface area (Å²) in [5.41, 5.74) is 1.74. The summed E-state index contributed by atoms with van der Waals surface area (Å²) in [5, 5.41) is 10.1. The van der Waals surface area contributed by atoms with Gasteiger partial charge in [-0.25, -0.2) is 0 Å². The number of aromatic hydroxyl groups is 1. The van der Waals surface area contributed by atoms with Crippen molar-refractivity contribution in [1.82, 2.24) is 4.57 Å². The first-order chi connectivity index (χ1) is 10.3. The van der Waals surface area contributed by atoms with Crippen LogP contribution in [0.3, 0.4) is 0 Å². The fourth-order valence-electron chi connectivity index (χ4n) is 2.10. The highest BCUT2D eigenvalue weighted by Crippen LogP contribution is 2.28. The molecule has 0 bridgehead atoms. The Labute approximate surface area is 136 Å². The van der Waals surface area contributed by atoms with Crippen molar-refractivity contribution in [3.63, 3.8) is 0 Å². The number of aromatic nitrogens is 1. The fraction of sp³-hybridized carbons (Fsp3) is 0.176. The number of hydrogen-bond donors (Lipinski definition) is 1. The summed E-state index contributed by atoms with van der Waals surface area (Å²) < 4.78 is 1.68. The van der Waals surface area contributed by atoms with Crippen molar-refractivity contribution in [2.24, 2.45) is 7.05 Å². The summed E-state index contributed by atoms with van der Waals surface area (Å²) in [7, 11) is 1.56. The number of hydrogen-bond acceptors (Lipinski definition) is 3. The van der Waals surface area contributed by atoms with E-state index in [1.807, 2.05) is 31.2 Å². The summed E-state index contributed by atoms with van der Waals surface area (Å²) >= 11 is 3.20. The molecule has 0 unspecified atom stereocenters. The summed E-state index contributed by atoms with van der Waals surface area (Å²) in [6.45, 7) is 3.64. The van der Waals surface area contributed by atoms with E-state index in [1.54, 1.807) is 20.0 Å². The standard InChI is InChI=1S/C17H16BrNO3/c1-10-5-4-6-12(9-10)7-8-13(20)14-16(21)15(18)11(2)19(3)17(14)22/h4-9,21H,1-3H3/b8-7+. The maximum absolute atomic E-state index is 12.3. The Hall–Kier alpha value is -2.14. The van der Waals surface area contributed by atoms with Gasteiger partial charge in [0.1, 0.15) is 11.3 Å². The highest BCUT2D eigenvalue weighted by Gasteiger charge is 2.20. The Morgan fingerprint density at radius 3 is 2.64 bits per heavy atom. The van der Waals surface area contributed by atoms with Gasteiger partial charge < -0.3 is 9.67 Å². The molecule has 4 nitrogen and oxygen atoms in total. The number of pyridine rings is 1. The fourth-order valence-corrected chi connectivity index (χ4v) is 2.57. The molecule has 1 aromatic carbocycles. The monoisotopic (exact) mass is 361 g/mol. The van der Waals surface area contributed by atoms with Gasteiger partial charge in [0.25, 0.3) is 5.56 Å². The molecule has 5 heteroatoms. The summed E-state index contributed by atoms with van der Waals surface area (Å²) in [5.74, 6) is -0.847. The zero-order chi connectivity index (χ0) is 16.4. The molecule has 0 aliphatic heterocycles. The molecule has 1 heterocycles. The molecule has 0 atom stereocenters. The average Bonchev–Trinajstić information content (AvgIpc) is 2.49. The molecule has 0 spiro atoms. The van der Waals surface area contributed by atoms with E-state index in [0.717, 1.165) is 11.1 Å². The number of nitrogens with zero attached hydrogens (tertiary/aromatic N) is 1. The summed E-state index contributed by atoms with van der Waals surface area (Å²) in [6, 6.07) is 7.63. The molecule has 0 fully saturated rings. The third kappa shape index (κ3) is 3.04. The molecule has 0 amide bonds. The molecule has 0 saturated carbocycles. The number of benzene rings is 1. The van der Waals surface area contributed by atoms with Crippen LogP contribution in [0.15, 0.2) is 39.6 Å². The number of allylic oxidation sites excluding steroid dienone is 1. The molecule has 114 valence electrons. The Morgan fingerprint density at radius 1 is 1.32 bits per heavy atom. The van der Waals surface area contributed by atoms with Gasteiger partial charge >= 0.3 is 0 Å². The van der Waals surface area contributed by atoms with Crippen LogP contribution in [0.4, 0.5) is 0 Å². The lowest BCUT2D eigenvalue weighted by atomic mass is 10.1. The number of carbonyl (C=O) groups excluding carboxylic acids is 1. The van der Waals surface area contributed by atoms with E-state index < -0.39 is 11.3 Å². The largest absolute Gasteiger partial charge is 0.506 e. The van der Waals surface area contributed by atoms with Gasteiger partial charge in [-0.2, -0.15) is 0 Å². The smallest absolute Gasteiger partial charge is 0.265 e. The predicted molar refractivity (Wildman–Crippen MR) is 90.3 cm³/mol. The Kier molecular flexibility index (Phi) is 4.66. The molecule has 2 aromatic rings. The van der Waals surface area contributed by atoms with Crippen LogP contribution in [0.25, 0.3) is 6.08 Å². The maximum Gasteiger partial charge on any atom is 0.265 e. The minimum Gasteiger partial charge on any atom is -0.506 e. The van der Waals surface area contributed by atoms with Gasteiger partial charge in [-0.15, -0.1) is 0 Å². The van der Waals surface area contributed by atoms with Crippen LogP contribution in [0.1, 0.15) is 27.2 Å². The van der Waals surface area contributed by atoms with Crippen LogP contribution in [-0.2, 0) is 7.05 Å². The van der Waals surface area contributed by atoms with Gasteiger partial charge in [-0.1, -0.05) is 35.9 Å². The summed E-state index contributed by atoms with van der Waals surface area (Å²) in [6.07, 6.45) is 2.93. The zero-order valence-electron chi connectivity index (χ0n) is 12.6. The first kappa shape index (κ1) is 16.2. The molecule has 1 aromatic heterocycles. The minimum absolute atomic E-state index is 0.233. The normalized spacial score (nSPS) is 11.1. The van der Waals surface area contributed by atoms with Crippen LogP contribution in [0.5, 0.6) is 5.75 Å². The van der Waals surface area contributed by atoms with Gasteiger partial charge in [0, 0.05) is 12.7 Å². The van der Waals surface area contributed by atoms with E-state index in [1.165, 1.54) is 10.6 Å². The van der Waals surface area contributed by atoms with E-state index in [0.29, 0.717) is 10.2 Å². The number of ketones is 1. The molecule has 0 aliphatic carbocycles. The third-order valence-corrected chi connectivity index (χ3v) is 4.45. The van der Waals surface area contributed by atoms with Gasteiger partial charge in [0.2, 0.25) is 0 Å². The lowest BCUT2D eigenvalue weighted by Crippen LogP contribution is -2.25. The lowest BCUT2D eigenvalue weighted by Gasteiger charge is -2.10. The number of aryl methyl sites for hydroxylation is 1. The second-order valence-electron chi connectivity index (χ2n) is 5.10. The first-order valence-electron chi connectivity index (χ1n) is 6.70. The van der Waals surface area contributed by atoms with Crippen molar-refractivity contribution in [3.8, 4) is 5.75 Å². The molecule has 1 N–H and O–H groups in total. The van der Waals surface area contributed by atoms with Crippen LogP contribution >= 0.6 is 15.9 Å². The molecule has 22 heavy (non-hydrogen) atoms. The van der Waals surface area contributed by atoms with E-state index in [2.05, 4.69) is 15.9 Å². The number of carbonyl (C=O) groups is 1. The first-order valence-corrected chi connectivity index (χ1v) is 7.49. The van der Waals surface area contributed by atoms with Crippen LogP contribution in [0.2, 0.25) is 0 Å². The number of rotatable bonds is 3. The summed E-state index contributed by atoms with van der Waals surface area (Å²) in [4.78, 5) is 24.5. The molecule has 0 aliphatic rings. The van der Waals surface area contributed by atoms with Gasteiger partial charge in [-0.3, -0.25) is 9.59 Å². The van der Waals surface area contributed by atoms with Crippen molar-refractivity contribution < 1.29 is 9.90 Å².